The van der Waals surface area contributed by atoms with Crippen LogP contribution in [0, 0.1) is 0 Å². The van der Waals surface area contributed by atoms with Crippen molar-refractivity contribution in [1.82, 2.24) is 20.2 Å². The van der Waals surface area contributed by atoms with Crippen LogP contribution in [0.4, 0.5) is 5.69 Å². The highest BCUT2D eigenvalue weighted by molar-refractivity contribution is 5.93. The van der Waals surface area contributed by atoms with Crippen LogP contribution in [0.3, 0.4) is 0 Å². The Morgan fingerprint density at radius 2 is 2.22 bits per heavy atom. The van der Waals surface area contributed by atoms with Crippen LogP contribution in [0.15, 0.2) is 30.6 Å². The average Bonchev–Trinajstić information content (AvgIpc) is 2.82. The first kappa shape index (κ1) is 11.7. The normalized spacial score (nSPS) is 10.0. The molecular weight excluding hydrogens is 238 g/mol. The van der Waals surface area contributed by atoms with Gasteiger partial charge in [0.2, 0.25) is 5.91 Å². The van der Waals surface area contributed by atoms with Gasteiger partial charge in [0.25, 0.3) is 0 Å². The van der Waals surface area contributed by atoms with E-state index >= 15 is 0 Å². The predicted molar refractivity (Wildman–Crippen MR) is 59.8 cm³/mol. The number of carboxylic acids is 1. The molecule has 2 rings (SSSR count). The topological polar surface area (TPSA) is 110 Å². The van der Waals surface area contributed by atoms with Crippen molar-refractivity contribution >= 4 is 17.6 Å². The van der Waals surface area contributed by atoms with Gasteiger partial charge in [-0.05, 0) is 28.6 Å². The van der Waals surface area contributed by atoms with Crippen LogP contribution in [0.5, 0.6) is 0 Å². The van der Waals surface area contributed by atoms with Gasteiger partial charge < -0.3 is 10.4 Å². The largest absolute Gasteiger partial charge is 0.478 e. The van der Waals surface area contributed by atoms with E-state index in [-0.39, 0.29) is 18.0 Å². The standard InChI is InChI=1S/C10H9N5O3/c16-9(5-15-6-11-13-14-15)12-8-3-1-2-7(4-8)10(17)18/h1-4,6H,5H2,(H,12,16)(H,17,18). The van der Waals surface area contributed by atoms with Gasteiger partial charge in [-0.25, -0.2) is 9.48 Å². The van der Waals surface area contributed by atoms with E-state index in [0.717, 1.165) is 0 Å². The summed E-state index contributed by atoms with van der Waals surface area (Å²) >= 11 is 0. The molecular formula is C10H9N5O3. The highest BCUT2D eigenvalue weighted by Gasteiger charge is 2.07. The number of carboxylic acid groups (broad SMARTS) is 1. The molecule has 0 unspecified atom stereocenters. The first-order chi connectivity index (χ1) is 8.65. The molecule has 2 aromatic rings. The molecule has 0 aliphatic heterocycles. The molecule has 0 aliphatic carbocycles. The van der Waals surface area contributed by atoms with Crippen LogP contribution < -0.4 is 5.32 Å². The maximum atomic E-state index is 11.6. The summed E-state index contributed by atoms with van der Waals surface area (Å²) in [6.45, 7) is -0.0374. The van der Waals surface area contributed by atoms with Gasteiger partial charge in [-0.15, -0.1) is 5.10 Å². The molecule has 0 bridgehead atoms. The molecule has 0 saturated heterocycles. The SMILES string of the molecule is O=C(Cn1cnnn1)Nc1cccc(C(=O)O)c1. The number of benzene rings is 1. The molecule has 0 aliphatic rings. The van der Waals surface area contributed by atoms with E-state index < -0.39 is 5.97 Å². The number of nitrogens with zero attached hydrogens (tertiary/aromatic N) is 4. The number of hydrogen-bond donors (Lipinski definition) is 2. The van der Waals surface area contributed by atoms with Gasteiger partial charge in [-0.2, -0.15) is 0 Å². The van der Waals surface area contributed by atoms with Crippen LogP contribution >= 0.6 is 0 Å². The Bertz CT molecular complexity index is 567. The van der Waals surface area contributed by atoms with E-state index in [9.17, 15) is 9.59 Å². The number of aromatic nitrogens is 4. The molecule has 8 heteroatoms. The number of carbonyl (C=O) groups excluding carboxylic acids is 1. The second-order valence-corrected chi connectivity index (χ2v) is 3.44. The zero-order valence-corrected chi connectivity index (χ0v) is 9.15. The van der Waals surface area contributed by atoms with Crippen molar-refractivity contribution in [3.63, 3.8) is 0 Å². The van der Waals surface area contributed by atoms with Gasteiger partial charge in [0.1, 0.15) is 12.9 Å². The summed E-state index contributed by atoms with van der Waals surface area (Å²) in [5, 5.41) is 21.7. The Kier molecular flexibility index (Phi) is 3.28. The lowest BCUT2D eigenvalue weighted by molar-refractivity contribution is -0.116. The van der Waals surface area contributed by atoms with Gasteiger partial charge in [0.05, 0.1) is 5.56 Å². The van der Waals surface area contributed by atoms with Crippen LogP contribution in [-0.2, 0) is 11.3 Å². The van der Waals surface area contributed by atoms with Crippen molar-refractivity contribution in [2.75, 3.05) is 5.32 Å². The Morgan fingerprint density at radius 3 is 2.89 bits per heavy atom. The van der Waals surface area contributed by atoms with E-state index in [4.69, 9.17) is 5.11 Å². The summed E-state index contributed by atoms with van der Waals surface area (Å²) in [4.78, 5) is 22.3. The number of aromatic carboxylic acids is 1. The van der Waals surface area contributed by atoms with Crippen molar-refractivity contribution in [3.05, 3.63) is 36.2 Å². The van der Waals surface area contributed by atoms with Gasteiger partial charge in [0.15, 0.2) is 0 Å². The summed E-state index contributed by atoms with van der Waals surface area (Å²) < 4.78 is 1.26. The van der Waals surface area contributed by atoms with Gasteiger partial charge in [0, 0.05) is 5.69 Å². The summed E-state index contributed by atoms with van der Waals surface area (Å²) in [6.07, 6.45) is 1.31. The molecule has 92 valence electrons. The number of nitrogens with one attached hydrogen (secondary N) is 1. The van der Waals surface area contributed by atoms with E-state index in [1.807, 2.05) is 0 Å². The number of amides is 1. The van der Waals surface area contributed by atoms with Crippen molar-refractivity contribution < 1.29 is 14.7 Å². The van der Waals surface area contributed by atoms with Crippen LogP contribution in [0.1, 0.15) is 10.4 Å². The number of tetrazole rings is 1. The van der Waals surface area contributed by atoms with E-state index in [0.29, 0.717) is 5.69 Å². The van der Waals surface area contributed by atoms with Crippen LogP contribution in [0.2, 0.25) is 0 Å². The van der Waals surface area contributed by atoms with Crippen LogP contribution in [-0.4, -0.2) is 37.2 Å². The van der Waals surface area contributed by atoms with E-state index in [2.05, 4.69) is 20.8 Å². The minimum Gasteiger partial charge on any atom is -0.478 e. The van der Waals surface area contributed by atoms with E-state index in [1.54, 1.807) is 12.1 Å². The summed E-state index contributed by atoms with van der Waals surface area (Å²) in [5.41, 5.74) is 0.517. The van der Waals surface area contributed by atoms with Gasteiger partial charge in [-0.1, -0.05) is 6.07 Å². The first-order valence-electron chi connectivity index (χ1n) is 4.99. The quantitative estimate of drug-likeness (QED) is 0.787. The number of hydrogen-bond acceptors (Lipinski definition) is 5. The third-order valence-corrected chi connectivity index (χ3v) is 2.09. The molecule has 1 aromatic carbocycles. The molecule has 2 N–H and O–H groups in total. The second-order valence-electron chi connectivity index (χ2n) is 3.44. The van der Waals surface area contributed by atoms with Crippen molar-refractivity contribution in [1.29, 1.82) is 0 Å². The Morgan fingerprint density at radius 1 is 1.39 bits per heavy atom. The summed E-state index contributed by atoms with van der Waals surface area (Å²) in [7, 11) is 0. The van der Waals surface area contributed by atoms with Gasteiger partial charge in [-0.3, -0.25) is 4.79 Å². The van der Waals surface area contributed by atoms with Crippen LogP contribution in [0.25, 0.3) is 0 Å². The maximum Gasteiger partial charge on any atom is 0.335 e. The Balaban J connectivity index is 2.03. The fraction of sp³-hybridized carbons (Fsp3) is 0.100. The fourth-order valence-electron chi connectivity index (χ4n) is 1.33. The number of anilines is 1. The highest BCUT2D eigenvalue weighted by atomic mass is 16.4. The predicted octanol–water partition coefficient (Wildman–Crippen LogP) is 0.01000. The summed E-state index contributed by atoms with van der Waals surface area (Å²) in [5.74, 6) is -1.39. The first-order valence-corrected chi connectivity index (χ1v) is 4.99. The Hall–Kier alpha value is -2.77. The minimum absolute atomic E-state index is 0.0374. The molecule has 1 amide bonds. The van der Waals surface area contributed by atoms with Crippen molar-refractivity contribution in [3.8, 4) is 0 Å². The molecule has 1 heterocycles. The Labute approximate surface area is 101 Å². The lowest BCUT2D eigenvalue weighted by Gasteiger charge is -2.05. The molecule has 8 nitrogen and oxygen atoms in total. The average molecular weight is 247 g/mol. The molecule has 18 heavy (non-hydrogen) atoms. The molecule has 0 saturated carbocycles. The number of carbonyl (C=O) groups is 2. The third-order valence-electron chi connectivity index (χ3n) is 2.09. The number of rotatable bonds is 4. The second kappa shape index (κ2) is 5.04. The fourth-order valence-corrected chi connectivity index (χ4v) is 1.33. The lowest BCUT2D eigenvalue weighted by atomic mass is 10.2. The highest BCUT2D eigenvalue weighted by Crippen LogP contribution is 2.10. The van der Waals surface area contributed by atoms with Crippen molar-refractivity contribution in [2.45, 2.75) is 6.54 Å². The van der Waals surface area contributed by atoms with Gasteiger partial charge >= 0.3 is 5.97 Å². The van der Waals surface area contributed by atoms with E-state index in [1.165, 1.54) is 23.1 Å². The minimum atomic E-state index is -1.05. The lowest BCUT2D eigenvalue weighted by Crippen LogP contribution is -2.19. The van der Waals surface area contributed by atoms with Crippen molar-refractivity contribution in [2.24, 2.45) is 0 Å². The smallest absolute Gasteiger partial charge is 0.335 e. The summed E-state index contributed by atoms with van der Waals surface area (Å²) in [6, 6.07) is 5.97. The third kappa shape index (κ3) is 2.88. The molecule has 0 spiro atoms. The zero-order chi connectivity index (χ0) is 13.0. The maximum absolute atomic E-state index is 11.6. The molecule has 0 atom stereocenters. The molecule has 1 aromatic heterocycles. The monoisotopic (exact) mass is 247 g/mol. The molecule has 0 fully saturated rings. The zero-order valence-electron chi connectivity index (χ0n) is 9.15. The molecule has 0 radical (unpaired) electrons.